The molecule has 1 saturated heterocycles. The number of amides is 2. The molecule has 1 N–H and O–H groups in total. The molecule has 3 rings (SSSR count). The van der Waals surface area contributed by atoms with E-state index in [4.69, 9.17) is 4.74 Å². The summed E-state index contributed by atoms with van der Waals surface area (Å²) >= 11 is 0. The maximum Gasteiger partial charge on any atom is 0.338 e. The second-order valence-electron chi connectivity index (χ2n) is 6.15. The molecule has 7 heteroatoms. The molecule has 2 amide bonds. The minimum atomic E-state index is -0.363. The first-order valence-electron chi connectivity index (χ1n) is 9.00. The fourth-order valence-corrected chi connectivity index (χ4v) is 3.31. The minimum absolute atomic E-state index is 0.0382. The third-order valence-electron chi connectivity index (χ3n) is 4.55. The van der Waals surface area contributed by atoms with Crippen LogP contribution in [0.2, 0.25) is 0 Å². The van der Waals surface area contributed by atoms with Gasteiger partial charge >= 0.3 is 12.0 Å². The van der Waals surface area contributed by atoms with Crippen molar-refractivity contribution in [3.05, 3.63) is 47.8 Å². The average Bonchev–Trinajstić information content (AvgIpc) is 3.31. The fraction of sp³-hybridized carbons (Fsp3) is 0.421. The maximum atomic E-state index is 12.7. The number of esters is 1. The van der Waals surface area contributed by atoms with Crippen LogP contribution in [0.3, 0.4) is 0 Å². The summed E-state index contributed by atoms with van der Waals surface area (Å²) in [6.07, 6.45) is 3.68. The normalized spacial score (nSPS) is 16.5. The number of ether oxygens (including phenoxy) is 1. The molecule has 1 aromatic heterocycles. The Morgan fingerprint density at radius 1 is 1.23 bits per heavy atom. The SMILES string of the molecule is CCOC(=O)c1ccc(NC(=O)N2CCC[C@H]2c2ccnn2CC)cc1. The van der Waals surface area contributed by atoms with Gasteiger partial charge in [0.25, 0.3) is 0 Å². The standard InChI is InChI=1S/C19H24N4O3/c1-3-23-17(11-12-20-23)16-6-5-13-22(16)19(25)21-15-9-7-14(8-10-15)18(24)26-4-2/h7-12,16H,3-6,13H2,1-2H3,(H,21,25)/t16-/m0/s1. The molecule has 0 radical (unpaired) electrons. The number of aromatic nitrogens is 2. The van der Waals surface area contributed by atoms with Crippen molar-refractivity contribution in [2.75, 3.05) is 18.5 Å². The molecule has 0 bridgehead atoms. The van der Waals surface area contributed by atoms with Crippen molar-refractivity contribution < 1.29 is 14.3 Å². The Balaban J connectivity index is 1.68. The summed E-state index contributed by atoms with van der Waals surface area (Å²) in [5.74, 6) is -0.363. The second-order valence-corrected chi connectivity index (χ2v) is 6.15. The number of anilines is 1. The van der Waals surface area contributed by atoms with E-state index in [0.717, 1.165) is 25.1 Å². The third-order valence-corrected chi connectivity index (χ3v) is 4.55. The van der Waals surface area contributed by atoms with Crippen molar-refractivity contribution in [1.29, 1.82) is 0 Å². The Kier molecular flexibility index (Phi) is 5.55. The highest BCUT2D eigenvalue weighted by molar-refractivity contribution is 5.92. The van der Waals surface area contributed by atoms with Gasteiger partial charge in [-0.2, -0.15) is 5.10 Å². The molecule has 1 fully saturated rings. The molecule has 0 saturated carbocycles. The van der Waals surface area contributed by atoms with Crippen molar-refractivity contribution in [3.8, 4) is 0 Å². The molecule has 1 aliphatic rings. The smallest absolute Gasteiger partial charge is 0.338 e. The van der Waals surface area contributed by atoms with Crippen molar-refractivity contribution in [2.45, 2.75) is 39.3 Å². The topological polar surface area (TPSA) is 76.5 Å². The van der Waals surface area contributed by atoms with E-state index < -0.39 is 0 Å². The van der Waals surface area contributed by atoms with E-state index in [1.54, 1.807) is 37.4 Å². The molecule has 2 heterocycles. The number of aryl methyl sites for hydroxylation is 1. The van der Waals surface area contributed by atoms with E-state index in [0.29, 0.717) is 24.4 Å². The molecule has 0 spiro atoms. The number of nitrogens with one attached hydrogen (secondary N) is 1. The number of hydrogen-bond donors (Lipinski definition) is 1. The number of carbonyl (C=O) groups excluding carboxylic acids is 2. The van der Waals surface area contributed by atoms with Gasteiger partial charge in [-0.05, 0) is 57.0 Å². The number of benzene rings is 1. The van der Waals surface area contributed by atoms with E-state index in [1.807, 2.05) is 22.6 Å². The summed E-state index contributed by atoms with van der Waals surface area (Å²) in [7, 11) is 0. The molecule has 7 nitrogen and oxygen atoms in total. The third kappa shape index (κ3) is 3.71. The van der Waals surface area contributed by atoms with Crippen LogP contribution in [0.25, 0.3) is 0 Å². The van der Waals surface area contributed by atoms with Gasteiger partial charge in [-0.3, -0.25) is 4.68 Å². The predicted molar refractivity (Wildman–Crippen MR) is 98.0 cm³/mol. The highest BCUT2D eigenvalue weighted by Crippen LogP contribution is 2.32. The van der Waals surface area contributed by atoms with Crippen LogP contribution in [0.15, 0.2) is 36.5 Å². The van der Waals surface area contributed by atoms with Crippen LogP contribution >= 0.6 is 0 Å². The molecular formula is C19H24N4O3. The second kappa shape index (κ2) is 8.03. The van der Waals surface area contributed by atoms with Crippen molar-refractivity contribution in [3.63, 3.8) is 0 Å². The Bertz CT molecular complexity index is 769. The number of rotatable bonds is 5. The lowest BCUT2D eigenvalue weighted by Gasteiger charge is -2.25. The summed E-state index contributed by atoms with van der Waals surface area (Å²) in [6, 6.07) is 8.62. The van der Waals surface area contributed by atoms with Gasteiger partial charge in [0.1, 0.15) is 0 Å². The average molecular weight is 356 g/mol. The van der Waals surface area contributed by atoms with Gasteiger partial charge < -0.3 is 15.0 Å². The molecule has 2 aromatic rings. The quantitative estimate of drug-likeness (QED) is 0.833. The van der Waals surface area contributed by atoms with E-state index in [2.05, 4.69) is 10.4 Å². The maximum absolute atomic E-state index is 12.7. The van der Waals surface area contributed by atoms with Gasteiger partial charge in [0.05, 0.1) is 23.9 Å². The van der Waals surface area contributed by atoms with E-state index >= 15 is 0 Å². The van der Waals surface area contributed by atoms with E-state index in [9.17, 15) is 9.59 Å². The first-order valence-corrected chi connectivity index (χ1v) is 9.00. The first kappa shape index (κ1) is 18.0. The Morgan fingerprint density at radius 2 is 2.00 bits per heavy atom. The molecule has 1 atom stereocenters. The van der Waals surface area contributed by atoms with Crippen LogP contribution in [-0.4, -0.2) is 39.8 Å². The number of nitrogens with zero attached hydrogens (tertiary/aromatic N) is 3. The molecular weight excluding hydrogens is 332 g/mol. The lowest BCUT2D eigenvalue weighted by atomic mass is 10.1. The highest BCUT2D eigenvalue weighted by atomic mass is 16.5. The lowest BCUT2D eigenvalue weighted by molar-refractivity contribution is 0.0526. The lowest BCUT2D eigenvalue weighted by Crippen LogP contribution is -2.35. The Hall–Kier alpha value is -2.83. The summed E-state index contributed by atoms with van der Waals surface area (Å²) in [5.41, 5.74) is 2.19. The van der Waals surface area contributed by atoms with Crippen molar-refractivity contribution in [1.82, 2.24) is 14.7 Å². The number of hydrogen-bond acceptors (Lipinski definition) is 4. The zero-order valence-corrected chi connectivity index (χ0v) is 15.1. The van der Waals surface area contributed by atoms with Gasteiger partial charge in [0, 0.05) is 25.0 Å². The zero-order valence-electron chi connectivity index (χ0n) is 15.1. The van der Waals surface area contributed by atoms with Crippen molar-refractivity contribution >= 4 is 17.7 Å². The Morgan fingerprint density at radius 3 is 2.69 bits per heavy atom. The first-order chi connectivity index (χ1) is 12.6. The molecule has 0 aliphatic carbocycles. The number of urea groups is 1. The van der Waals surface area contributed by atoms with Crippen LogP contribution in [0.1, 0.15) is 48.8 Å². The van der Waals surface area contributed by atoms with Crippen LogP contribution in [0.4, 0.5) is 10.5 Å². The predicted octanol–water partition coefficient (Wildman–Crippen LogP) is 3.45. The summed E-state index contributed by atoms with van der Waals surface area (Å²) in [5, 5.41) is 7.23. The van der Waals surface area contributed by atoms with Crippen LogP contribution in [0, 0.1) is 0 Å². The fourth-order valence-electron chi connectivity index (χ4n) is 3.31. The van der Waals surface area contributed by atoms with Crippen LogP contribution in [0.5, 0.6) is 0 Å². The Labute approximate surface area is 152 Å². The monoisotopic (exact) mass is 356 g/mol. The highest BCUT2D eigenvalue weighted by Gasteiger charge is 2.32. The molecule has 1 aromatic carbocycles. The summed E-state index contributed by atoms with van der Waals surface area (Å²) in [4.78, 5) is 26.3. The summed E-state index contributed by atoms with van der Waals surface area (Å²) in [6.45, 7) is 5.64. The van der Waals surface area contributed by atoms with E-state index in [1.165, 1.54) is 0 Å². The van der Waals surface area contributed by atoms with Gasteiger partial charge in [-0.15, -0.1) is 0 Å². The molecule has 1 aliphatic heterocycles. The van der Waals surface area contributed by atoms with Crippen LogP contribution < -0.4 is 5.32 Å². The molecule has 138 valence electrons. The van der Waals surface area contributed by atoms with E-state index in [-0.39, 0.29) is 18.0 Å². The molecule has 0 unspecified atom stereocenters. The minimum Gasteiger partial charge on any atom is -0.462 e. The number of likely N-dealkylation sites (tertiary alicyclic amines) is 1. The van der Waals surface area contributed by atoms with Gasteiger partial charge in [-0.25, -0.2) is 9.59 Å². The largest absolute Gasteiger partial charge is 0.462 e. The van der Waals surface area contributed by atoms with Crippen LogP contribution in [-0.2, 0) is 11.3 Å². The number of carbonyl (C=O) groups is 2. The van der Waals surface area contributed by atoms with Gasteiger partial charge in [0.2, 0.25) is 0 Å². The molecule has 26 heavy (non-hydrogen) atoms. The van der Waals surface area contributed by atoms with Gasteiger partial charge in [-0.1, -0.05) is 0 Å². The van der Waals surface area contributed by atoms with Gasteiger partial charge in [0.15, 0.2) is 0 Å². The summed E-state index contributed by atoms with van der Waals surface area (Å²) < 4.78 is 6.90. The zero-order chi connectivity index (χ0) is 18.5. The van der Waals surface area contributed by atoms with Crippen molar-refractivity contribution in [2.24, 2.45) is 0 Å².